The minimum Gasteiger partial charge on any atom is -0.493 e. The van der Waals surface area contributed by atoms with Gasteiger partial charge in [0.05, 0.1) is 12.7 Å². The summed E-state index contributed by atoms with van der Waals surface area (Å²) in [6.45, 7) is 0.676. The summed E-state index contributed by atoms with van der Waals surface area (Å²) in [5.74, 6) is -2.93. The average Bonchev–Trinajstić information content (AvgIpc) is 3.33. The summed E-state index contributed by atoms with van der Waals surface area (Å²) in [4.78, 5) is 0. The molecule has 2 atom stereocenters. The first-order valence-corrected chi connectivity index (χ1v) is 12.1. The maximum absolute atomic E-state index is 11.8. The Kier molecular flexibility index (Phi) is 6.45. The molecule has 1 heterocycles. The fourth-order valence-corrected chi connectivity index (χ4v) is 5.34. The maximum Gasteiger partial charge on any atom is 0.220 e. The van der Waals surface area contributed by atoms with Crippen molar-refractivity contribution in [2.24, 2.45) is 5.92 Å². The van der Waals surface area contributed by atoms with Crippen LogP contribution in [0.3, 0.4) is 0 Å². The Morgan fingerprint density at radius 2 is 1.53 bits per heavy atom. The van der Waals surface area contributed by atoms with Crippen LogP contribution in [0.2, 0.25) is 0 Å². The van der Waals surface area contributed by atoms with E-state index in [-0.39, 0.29) is 18.4 Å². The smallest absolute Gasteiger partial charge is 0.220 e. The van der Waals surface area contributed by atoms with E-state index in [2.05, 4.69) is 0 Å². The van der Waals surface area contributed by atoms with Gasteiger partial charge in [-0.2, -0.15) is 0 Å². The van der Waals surface area contributed by atoms with Gasteiger partial charge in [0.2, 0.25) is 5.79 Å². The normalized spacial score (nSPS) is 20.6. The van der Waals surface area contributed by atoms with E-state index in [9.17, 15) is 15.3 Å². The molecule has 1 aliphatic heterocycles. The van der Waals surface area contributed by atoms with Crippen molar-refractivity contribution in [2.75, 3.05) is 6.61 Å². The van der Waals surface area contributed by atoms with Gasteiger partial charge in [-0.25, -0.2) is 0 Å². The molecule has 5 heteroatoms. The van der Waals surface area contributed by atoms with E-state index in [0.717, 1.165) is 36.1 Å². The molecule has 1 aliphatic carbocycles. The molecular weight excluding hydrogens is 428 g/mol. The lowest BCUT2D eigenvalue weighted by atomic mass is 9.79. The van der Waals surface area contributed by atoms with Gasteiger partial charge in [0.1, 0.15) is 5.75 Å². The summed E-state index contributed by atoms with van der Waals surface area (Å²) in [5.41, 5.74) is 3.32. The van der Waals surface area contributed by atoms with Gasteiger partial charge >= 0.3 is 0 Å². The molecule has 0 amide bonds. The molecule has 0 radical (unpaired) electrons. The number of rotatable bonds is 7. The van der Waals surface area contributed by atoms with Gasteiger partial charge in [0.15, 0.2) is 5.79 Å². The van der Waals surface area contributed by atoms with E-state index in [0.29, 0.717) is 30.6 Å². The quantitative estimate of drug-likeness (QED) is 0.458. The molecule has 178 valence electrons. The molecule has 0 bridgehead atoms. The van der Waals surface area contributed by atoms with Gasteiger partial charge in [-0.3, -0.25) is 0 Å². The fourth-order valence-electron chi connectivity index (χ4n) is 5.34. The minimum absolute atomic E-state index is 0.152. The number of hydrogen-bond acceptors (Lipinski definition) is 5. The van der Waals surface area contributed by atoms with Crippen LogP contribution in [0.1, 0.15) is 47.9 Å². The van der Waals surface area contributed by atoms with Crippen LogP contribution >= 0.6 is 0 Å². The van der Waals surface area contributed by atoms with Crippen LogP contribution in [0, 0.1) is 5.92 Å². The average molecular weight is 461 g/mol. The van der Waals surface area contributed by atoms with Crippen molar-refractivity contribution in [1.29, 1.82) is 0 Å². The van der Waals surface area contributed by atoms with Crippen molar-refractivity contribution >= 4 is 0 Å². The van der Waals surface area contributed by atoms with Crippen LogP contribution in [0.25, 0.3) is 0 Å². The zero-order valence-electron chi connectivity index (χ0n) is 19.3. The Bertz CT molecular complexity index is 1060. The van der Waals surface area contributed by atoms with Crippen LogP contribution in [0.4, 0.5) is 0 Å². The third-order valence-corrected chi connectivity index (χ3v) is 7.17. The number of ether oxygens (including phenoxy) is 2. The molecule has 3 aromatic rings. The van der Waals surface area contributed by atoms with E-state index in [4.69, 9.17) is 9.47 Å². The Morgan fingerprint density at radius 1 is 0.853 bits per heavy atom. The predicted molar refractivity (Wildman–Crippen MR) is 129 cm³/mol. The van der Waals surface area contributed by atoms with Gasteiger partial charge in [0, 0.05) is 29.9 Å². The van der Waals surface area contributed by atoms with Crippen LogP contribution < -0.4 is 4.74 Å². The molecule has 5 rings (SSSR count). The molecule has 34 heavy (non-hydrogen) atoms. The zero-order chi connectivity index (χ0) is 23.6. The summed E-state index contributed by atoms with van der Waals surface area (Å²) in [5, 5.41) is 34.0. The first-order chi connectivity index (χ1) is 16.4. The maximum atomic E-state index is 11.8. The van der Waals surface area contributed by atoms with E-state index >= 15 is 0 Å². The molecule has 1 fully saturated rings. The van der Waals surface area contributed by atoms with Crippen LogP contribution in [-0.4, -0.2) is 33.8 Å². The highest BCUT2D eigenvalue weighted by Crippen LogP contribution is 2.40. The molecule has 0 spiro atoms. The summed E-state index contributed by atoms with van der Waals surface area (Å²) < 4.78 is 12.0. The largest absolute Gasteiger partial charge is 0.493 e. The topological polar surface area (TPSA) is 79.2 Å². The second-order valence-electron chi connectivity index (χ2n) is 9.58. The lowest BCUT2D eigenvalue weighted by molar-refractivity contribution is -0.246. The number of benzene rings is 3. The Hall–Kier alpha value is -2.70. The second-order valence-corrected chi connectivity index (χ2v) is 9.58. The van der Waals surface area contributed by atoms with E-state index in [1.165, 1.54) is 0 Å². The molecule has 2 aliphatic rings. The van der Waals surface area contributed by atoms with E-state index in [1.54, 1.807) is 0 Å². The highest BCUT2D eigenvalue weighted by molar-refractivity contribution is 5.40. The van der Waals surface area contributed by atoms with Crippen molar-refractivity contribution in [3.05, 3.63) is 101 Å². The summed E-state index contributed by atoms with van der Waals surface area (Å²) in [6, 6.07) is 24.6. The van der Waals surface area contributed by atoms with Crippen molar-refractivity contribution in [3.63, 3.8) is 0 Å². The number of hydrogen-bond donors (Lipinski definition) is 3. The third kappa shape index (κ3) is 4.75. The molecule has 0 aromatic heterocycles. The zero-order valence-corrected chi connectivity index (χ0v) is 19.3. The molecule has 1 saturated carbocycles. The molecular formula is C29H32O5. The Balaban J connectivity index is 1.33. The molecule has 2 unspecified atom stereocenters. The lowest BCUT2D eigenvalue weighted by Gasteiger charge is -2.40. The first-order valence-electron chi connectivity index (χ1n) is 12.1. The van der Waals surface area contributed by atoms with Gasteiger partial charge in [0.25, 0.3) is 0 Å². The highest BCUT2D eigenvalue weighted by atomic mass is 16.6. The molecule has 3 N–H and O–H groups in total. The van der Waals surface area contributed by atoms with Crippen LogP contribution in [-0.2, 0) is 23.4 Å². The van der Waals surface area contributed by atoms with Crippen LogP contribution in [0.15, 0.2) is 78.9 Å². The summed E-state index contributed by atoms with van der Waals surface area (Å²) in [7, 11) is 0. The molecule has 5 nitrogen and oxygen atoms in total. The van der Waals surface area contributed by atoms with Crippen molar-refractivity contribution in [3.8, 4) is 5.75 Å². The minimum atomic E-state index is -1.85. The van der Waals surface area contributed by atoms with Gasteiger partial charge in [-0.1, -0.05) is 79.2 Å². The first kappa shape index (κ1) is 23.1. The summed E-state index contributed by atoms with van der Waals surface area (Å²) in [6.07, 6.45) is 3.42. The Labute approximate surface area is 200 Å². The van der Waals surface area contributed by atoms with Crippen LogP contribution in [0.5, 0.6) is 5.75 Å². The van der Waals surface area contributed by atoms with Crippen molar-refractivity contribution in [2.45, 2.75) is 56.2 Å². The second kappa shape index (κ2) is 9.51. The molecule has 0 saturated heterocycles. The van der Waals surface area contributed by atoms with E-state index in [1.807, 2.05) is 78.9 Å². The monoisotopic (exact) mass is 460 g/mol. The number of aliphatic hydroxyl groups is 3. The third-order valence-electron chi connectivity index (χ3n) is 7.17. The van der Waals surface area contributed by atoms with Crippen molar-refractivity contribution < 1.29 is 24.8 Å². The van der Waals surface area contributed by atoms with Gasteiger partial charge in [-0.05, 0) is 36.5 Å². The fraction of sp³-hybridized carbons (Fsp3) is 0.379. The Morgan fingerprint density at radius 3 is 2.21 bits per heavy atom. The lowest BCUT2D eigenvalue weighted by Crippen LogP contribution is -2.45. The van der Waals surface area contributed by atoms with E-state index < -0.39 is 11.6 Å². The standard InChI is InChI=1S/C29H32O5/c30-28(31,20-21-14-15-27-22(18-21)16-17-33-27)25-12-7-13-26(19-25)34-29(32,23-8-3-1-4-9-23)24-10-5-2-6-11-24/h1-6,8-11,14-15,18,25-26,30-32H,7,12-13,16-17,19-20H2. The summed E-state index contributed by atoms with van der Waals surface area (Å²) >= 11 is 0. The predicted octanol–water partition coefficient (Wildman–Crippen LogP) is 4.31. The van der Waals surface area contributed by atoms with Gasteiger partial charge < -0.3 is 24.8 Å². The number of fused-ring (bicyclic) bond motifs is 1. The highest BCUT2D eigenvalue weighted by Gasteiger charge is 2.42. The van der Waals surface area contributed by atoms with Gasteiger partial charge in [-0.15, -0.1) is 0 Å². The SMILES string of the molecule is OC(OC1CCCC(C(O)(O)Cc2ccc3c(c2)CCO3)C1)(c1ccccc1)c1ccccc1. The molecule has 3 aromatic carbocycles. The van der Waals surface area contributed by atoms with Crippen molar-refractivity contribution in [1.82, 2.24) is 0 Å².